The molecule has 1 aliphatic rings. The Hall–Kier alpha value is -2.85. The van der Waals surface area contributed by atoms with E-state index >= 15 is 0 Å². The molecule has 1 fully saturated rings. The van der Waals surface area contributed by atoms with E-state index in [1.165, 1.54) is 6.07 Å². The van der Waals surface area contributed by atoms with E-state index in [1.807, 2.05) is 6.07 Å². The molecule has 0 spiro atoms. The van der Waals surface area contributed by atoms with Gasteiger partial charge in [0.15, 0.2) is 0 Å². The molecule has 0 unspecified atom stereocenters. The smallest absolute Gasteiger partial charge is 0.251 e. The van der Waals surface area contributed by atoms with Crippen LogP contribution in [-0.4, -0.2) is 20.4 Å². The summed E-state index contributed by atoms with van der Waals surface area (Å²) >= 11 is 0. The van der Waals surface area contributed by atoms with Gasteiger partial charge in [0.05, 0.1) is 17.4 Å². The molecule has 3 rings (SSSR count). The fraction of sp³-hybridized carbons (Fsp3) is 0.222. The highest BCUT2D eigenvalue weighted by atomic mass is 32.2. The van der Waals surface area contributed by atoms with E-state index < -0.39 is 10.0 Å². The lowest BCUT2D eigenvalue weighted by molar-refractivity contribution is 0.0951. The highest BCUT2D eigenvalue weighted by molar-refractivity contribution is 7.91. The third-order valence-corrected chi connectivity index (χ3v) is 5.03. The number of nitrogens with one attached hydrogen (secondary N) is 2. The summed E-state index contributed by atoms with van der Waals surface area (Å²) in [6.45, 7) is 0. The van der Waals surface area contributed by atoms with Crippen LogP contribution in [-0.2, 0) is 15.8 Å². The topological polar surface area (TPSA) is 99.1 Å². The van der Waals surface area contributed by atoms with E-state index in [-0.39, 0.29) is 17.7 Å². The Kier molecular flexibility index (Phi) is 4.72. The van der Waals surface area contributed by atoms with Crippen LogP contribution >= 0.6 is 0 Å². The highest BCUT2D eigenvalue weighted by Crippen LogP contribution is 2.20. The van der Waals surface area contributed by atoms with Gasteiger partial charge in [0.2, 0.25) is 10.0 Å². The lowest BCUT2D eigenvalue weighted by atomic mass is 10.1. The van der Waals surface area contributed by atoms with Gasteiger partial charge in [-0.3, -0.25) is 9.52 Å². The van der Waals surface area contributed by atoms with E-state index in [0.29, 0.717) is 22.4 Å². The Labute approximate surface area is 146 Å². The molecule has 0 aromatic heterocycles. The van der Waals surface area contributed by atoms with Gasteiger partial charge < -0.3 is 5.32 Å². The molecule has 1 aliphatic carbocycles. The van der Waals surface area contributed by atoms with E-state index in [1.54, 1.807) is 42.5 Å². The summed E-state index contributed by atoms with van der Waals surface area (Å²) in [7, 11) is -3.71. The number of anilines is 1. The number of rotatable bonds is 6. The number of amides is 1. The molecular weight excluding hydrogens is 338 g/mol. The molecule has 0 aliphatic heterocycles. The van der Waals surface area contributed by atoms with Gasteiger partial charge in [0.25, 0.3) is 5.91 Å². The zero-order valence-electron chi connectivity index (χ0n) is 13.4. The van der Waals surface area contributed by atoms with Crippen LogP contribution in [0, 0.1) is 11.3 Å². The fourth-order valence-corrected chi connectivity index (χ4v) is 3.62. The normalized spacial score (nSPS) is 13.7. The van der Waals surface area contributed by atoms with Crippen LogP contribution in [0.5, 0.6) is 0 Å². The van der Waals surface area contributed by atoms with Gasteiger partial charge >= 0.3 is 0 Å². The minimum atomic E-state index is -3.71. The number of hydrogen-bond acceptors (Lipinski definition) is 4. The molecule has 2 N–H and O–H groups in total. The minimum Gasteiger partial charge on any atom is -0.349 e. The van der Waals surface area contributed by atoms with E-state index in [4.69, 9.17) is 5.26 Å². The van der Waals surface area contributed by atoms with Crippen LogP contribution in [0.25, 0.3) is 0 Å². The van der Waals surface area contributed by atoms with Crippen molar-refractivity contribution in [3.63, 3.8) is 0 Å². The molecule has 6 nitrogen and oxygen atoms in total. The van der Waals surface area contributed by atoms with Crippen LogP contribution in [0.15, 0.2) is 48.5 Å². The van der Waals surface area contributed by atoms with Crippen molar-refractivity contribution in [2.45, 2.75) is 24.6 Å². The van der Waals surface area contributed by atoms with Crippen LogP contribution in [0.1, 0.15) is 34.3 Å². The maximum Gasteiger partial charge on any atom is 0.251 e. The summed E-state index contributed by atoms with van der Waals surface area (Å²) in [5.41, 5.74) is 1.48. The first-order valence-electron chi connectivity index (χ1n) is 7.86. The van der Waals surface area contributed by atoms with Crippen molar-refractivity contribution >= 4 is 21.6 Å². The number of benzene rings is 2. The first-order valence-corrected chi connectivity index (χ1v) is 9.51. The van der Waals surface area contributed by atoms with Gasteiger partial charge in [0, 0.05) is 17.3 Å². The van der Waals surface area contributed by atoms with Crippen LogP contribution in [0.4, 0.5) is 5.69 Å². The summed E-state index contributed by atoms with van der Waals surface area (Å²) < 4.78 is 27.2. The molecule has 2 aromatic rings. The van der Waals surface area contributed by atoms with Crippen molar-refractivity contribution < 1.29 is 13.2 Å². The Balaban J connectivity index is 1.74. The maximum atomic E-state index is 12.4. The molecule has 2 aromatic carbocycles. The van der Waals surface area contributed by atoms with Crippen molar-refractivity contribution in [2.75, 3.05) is 4.72 Å². The molecule has 0 saturated heterocycles. The fourth-order valence-electron chi connectivity index (χ4n) is 2.40. The maximum absolute atomic E-state index is 12.4. The minimum absolute atomic E-state index is 0.210. The Morgan fingerprint density at radius 2 is 1.92 bits per heavy atom. The Morgan fingerprint density at radius 3 is 2.64 bits per heavy atom. The van der Waals surface area contributed by atoms with Crippen molar-refractivity contribution in [1.29, 1.82) is 5.26 Å². The van der Waals surface area contributed by atoms with Crippen LogP contribution in [0.3, 0.4) is 0 Å². The molecule has 0 atom stereocenters. The number of nitriles is 1. The molecule has 7 heteroatoms. The SMILES string of the molecule is N#Cc1ccccc1CS(=O)(=O)Nc1cccc(C(=O)NC2CC2)c1. The molecule has 1 amide bonds. The van der Waals surface area contributed by atoms with Gasteiger partial charge in [-0.15, -0.1) is 0 Å². The van der Waals surface area contributed by atoms with Crippen molar-refractivity contribution in [1.82, 2.24) is 5.32 Å². The third-order valence-electron chi connectivity index (χ3n) is 3.79. The molecule has 128 valence electrons. The molecule has 0 bridgehead atoms. The summed E-state index contributed by atoms with van der Waals surface area (Å²) in [6.07, 6.45) is 1.97. The van der Waals surface area contributed by atoms with Crippen molar-refractivity contribution in [3.8, 4) is 6.07 Å². The average molecular weight is 355 g/mol. The standard InChI is InChI=1S/C18H17N3O3S/c19-11-14-4-1-2-5-15(14)12-25(23,24)21-17-7-3-6-13(10-17)18(22)20-16-8-9-16/h1-7,10,16,21H,8-9,12H2,(H,20,22). The summed E-state index contributed by atoms with van der Waals surface area (Å²) in [5.74, 6) is -0.520. The number of sulfonamides is 1. The van der Waals surface area contributed by atoms with Gasteiger partial charge in [-0.05, 0) is 42.7 Å². The summed E-state index contributed by atoms with van der Waals surface area (Å²) in [4.78, 5) is 12.1. The predicted molar refractivity (Wildman–Crippen MR) is 94.3 cm³/mol. The predicted octanol–water partition coefficient (Wildman–Crippen LogP) is 2.39. The number of nitrogens with zero attached hydrogens (tertiary/aromatic N) is 1. The van der Waals surface area contributed by atoms with Crippen LogP contribution in [0.2, 0.25) is 0 Å². The lowest BCUT2D eigenvalue weighted by Crippen LogP contribution is -2.25. The summed E-state index contributed by atoms with van der Waals surface area (Å²) in [5, 5.41) is 11.9. The number of hydrogen-bond donors (Lipinski definition) is 2. The van der Waals surface area contributed by atoms with E-state index in [2.05, 4.69) is 10.0 Å². The second-order valence-electron chi connectivity index (χ2n) is 5.96. The Bertz CT molecular complexity index is 944. The van der Waals surface area contributed by atoms with Gasteiger partial charge in [-0.2, -0.15) is 5.26 Å². The number of carbonyl (C=O) groups excluding carboxylic acids is 1. The van der Waals surface area contributed by atoms with Crippen molar-refractivity contribution in [3.05, 3.63) is 65.2 Å². The number of carbonyl (C=O) groups is 1. The molecular formula is C18H17N3O3S. The van der Waals surface area contributed by atoms with Gasteiger partial charge in [0.1, 0.15) is 0 Å². The zero-order valence-corrected chi connectivity index (χ0v) is 14.2. The molecule has 1 saturated carbocycles. The van der Waals surface area contributed by atoms with E-state index in [9.17, 15) is 13.2 Å². The monoisotopic (exact) mass is 355 g/mol. The molecule has 0 radical (unpaired) electrons. The first-order chi connectivity index (χ1) is 12.0. The Morgan fingerprint density at radius 1 is 1.16 bits per heavy atom. The largest absolute Gasteiger partial charge is 0.349 e. The first kappa shape index (κ1) is 17.0. The summed E-state index contributed by atoms with van der Waals surface area (Å²) in [6, 6.07) is 15.1. The second kappa shape index (κ2) is 6.95. The van der Waals surface area contributed by atoms with Crippen molar-refractivity contribution in [2.24, 2.45) is 0 Å². The van der Waals surface area contributed by atoms with Gasteiger partial charge in [-0.1, -0.05) is 24.3 Å². The second-order valence-corrected chi connectivity index (χ2v) is 7.68. The molecule has 0 heterocycles. The van der Waals surface area contributed by atoms with E-state index in [0.717, 1.165) is 12.8 Å². The zero-order chi connectivity index (χ0) is 17.9. The van der Waals surface area contributed by atoms with Gasteiger partial charge in [-0.25, -0.2) is 8.42 Å². The third kappa shape index (κ3) is 4.58. The quantitative estimate of drug-likeness (QED) is 0.831. The lowest BCUT2D eigenvalue weighted by Gasteiger charge is -2.10. The van der Waals surface area contributed by atoms with Crippen LogP contribution < -0.4 is 10.0 Å². The average Bonchev–Trinajstić information content (AvgIpc) is 3.38. The molecule has 25 heavy (non-hydrogen) atoms. The highest BCUT2D eigenvalue weighted by Gasteiger charge is 2.24.